The van der Waals surface area contributed by atoms with Crippen LogP contribution in [-0.4, -0.2) is 36.2 Å². The minimum Gasteiger partial charge on any atom is -0.379 e. The first kappa shape index (κ1) is 14.5. The number of aromatic amines is 1. The van der Waals surface area contributed by atoms with Crippen molar-refractivity contribution in [1.29, 1.82) is 0 Å². The number of hydrogen-bond acceptors (Lipinski definition) is 2. The zero-order valence-electron chi connectivity index (χ0n) is 13.2. The topological polar surface area (TPSA) is 28.3 Å². The Bertz CT molecular complexity index is 759. The third-order valence-corrected chi connectivity index (χ3v) is 4.76. The first-order valence-electron chi connectivity index (χ1n) is 8.33. The smallest absolute Gasteiger partial charge is 0.0594 e. The molecule has 2 aromatic carbocycles. The molecule has 3 aromatic rings. The summed E-state index contributed by atoms with van der Waals surface area (Å²) in [7, 11) is 0. The summed E-state index contributed by atoms with van der Waals surface area (Å²) in [6.07, 6.45) is 3.19. The van der Waals surface area contributed by atoms with Gasteiger partial charge < -0.3 is 9.72 Å². The van der Waals surface area contributed by atoms with Gasteiger partial charge in [0.2, 0.25) is 0 Å². The van der Waals surface area contributed by atoms with Crippen molar-refractivity contribution in [2.45, 2.75) is 12.5 Å². The molecule has 1 aliphatic heterocycles. The minimum atomic E-state index is 0.402. The van der Waals surface area contributed by atoms with Gasteiger partial charge in [-0.25, -0.2) is 0 Å². The van der Waals surface area contributed by atoms with E-state index in [1.165, 1.54) is 22.0 Å². The second-order valence-corrected chi connectivity index (χ2v) is 6.14. The van der Waals surface area contributed by atoms with Crippen molar-refractivity contribution in [3.8, 4) is 0 Å². The molecule has 1 unspecified atom stereocenters. The van der Waals surface area contributed by atoms with Crippen molar-refractivity contribution in [2.75, 3.05) is 26.3 Å². The van der Waals surface area contributed by atoms with E-state index in [0.717, 1.165) is 32.7 Å². The van der Waals surface area contributed by atoms with Crippen LogP contribution in [-0.2, 0) is 11.2 Å². The number of para-hydroxylation sites is 1. The van der Waals surface area contributed by atoms with E-state index in [1.54, 1.807) is 0 Å². The van der Waals surface area contributed by atoms with Crippen molar-refractivity contribution >= 4 is 10.9 Å². The highest BCUT2D eigenvalue weighted by Crippen LogP contribution is 2.29. The predicted molar refractivity (Wildman–Crippen MR) is 93.6 cm³/mol. The lowest BCUT2D eigenvalue weighted by Crippen LogP contribution is -2.39. The van der Waals surface area contributed by atoms with Crippen LogP contribution in [0.3, 0.4) is 0 Å². The van der Waals surface area contributed by atoms with Gasteiger partial charge in [-0.2, -0.15) is 0 Å². The standard InChI is InChI=1S/C20H22N2O/c1-2-6-16(7-3-1)20(22-10-12-23-13-11-22)14-17-15-21-19-9-5-4-8-18(17)19/h1-9,15,20-21H,10-14H2. The number of aromatic nitrogens is 1. The van der Waals surface area contributed by atoms with Crippen molar-refractivity contribution in [3.05, 3.63) is 71.9 Å². The molecule has 23 heavy (non-hydrogen) atoms. The second kappa shape index (κ2) is 6.57. The lowest BCUT2D eigenvalue weighted by Gasteiger charge is -2.35. The lowest BCUT2D eigenvalue weighted by molar-refractivity contribution is 0.0161. The number of nitrogens with zero attached hydrogens (tertiary/aromatic N) is 1. The number of ether oxygens (including phenoxy) is 1. The number of benzene rings is 2. The molecular weight excluding hydrogens is 284 g/mol. The number of morpholine rings is 1. The average Bonchev–Trinajstić information content (AvgIpc) is 3.04. The molecular formula is C20H22N2O. The summed E-state index contributed by atoms with van der Waals surface area (Å²) in [6.45, 7) is 3.66. The predicted octanol–water partition coefficient (Wildman–Crippen LogP) is 3.78. The fourth-order valence-electron chi connectivity index (χ4n) is 3.53. The first-order chi connectivity index (χ1) is 11.4. The van der Waals surface area contributed by atoms with Gasteiger partial charge in [-0.15, -0.1) is 0 Å². The van der Waals surface area contributed by atoms with E-state index >= 15 is 0 Å². The minimum absolute atomic E-state index is 0.402. The highest BCUT2D eigenvalue weighted by molar-refractivity contribution is 5.83. The Morgan fingerprint density at radius 1 is 0.957 bits per heavy atom. The van der Waals surface area contributed by atoms with Gasteiger partial charge in [-0.1, -0.05) is 48.5 Å². The molecule has 1 atom stereocenters. The number of H-pyrrole nitrogens is 1. The third kappa shape index (κ3) is 3.03. The number of hydrogen-bond donors (Lipinski definition) is 1. The molecule has 0 radical (unpaired) electrons. The Balaban J connectivity index is 1.67. The Kier molecular flexibility index (Phi) is 4.14. The Morgan fingerprint density at radius 2 is 1.70 bits per heavy atom. The van der Waals surface area contributed by atoms with Crippen LogP contribution in [0, 0.1) is 0 Å². The second-order valence-electron chi connectivity index (χ2n) is 6.14. The maximum Gasteiger partial charge on any atom is 0.0594 e. The van der Waals surface area contributed by atoms with Gasteiger partial charge in [0.1, 0.15) is 0 Å². The Hall–Kier alpha value is -2.10. The molecule has 0 saturated carbocycles. The van der Waals surface area contributed by atoms with Crippen LogP contribution in [0.25, 0.3) is 10.9 Å². The molecule has 0 aliphatic carbocycles. The number of fused-ring (bicyclic) bond motifs is 1. The quantitative estimate of drug-likeness (QED) is 0.794. The molecule has 1 fully saturated rings. The van der Waals surface area contributed by atoms with Crippen LogP contribution >= 0.6 is 0 Å². The van der Waals surface area contributed by atoms with E-state index in [1.807, 2.05) is 0 Å². The molecule has 3 nitrogen and oxygen atoms in total. The Morgan fingerprint density at radius 3 is 2.52 bits per heavy atom. The zero-order chi connectivity index (χ0) is 15.5. The van der Waals surface area contributed by atoms with Crippen LogP contribution in [0.2, 0.25) is 0 Å². The van der Waals surface area contributed by atoms with Crippen LogP contribution in [0.5, 0.6) is 0 Å². The number of nitrogens with one attached hydrogen (secondary N) is 1. The summed E-state index contributed by atoms with van der Waals surface area (Å²) < 4.78 is 5.54. The van der Waals surface area contributed by atoms with Crippen molar-refractivity contribution in [1.82, 2.24) is 9.88 Å². The van der Waals surface area contributed by atoms with Crippen LogP contribution in [0.4, 0.5) is 0 Å². The van der Waals surface area contributed by atoms with Gasteiger partial charge in [-0.05, 0) is 23.6 Å². The highest BCUT2D eigenvalue weighted by atomic mass is 16.5. The molecule has 1 saturated heterocycles. The SMILES string of the molecule is c1ccc(C(Cc2c[nH]c3ccccc23)N2CCOCC2)cc1. The zero-order valence-corrected chi connectivity index (χ0v) is 13.2. The molecule has 4 rings (SSSR count). The van der Waals surface area contributed by atoms with Gasteiger partial charge in [0.15, 0.2) is 0 Å². The highest BCUT2D eigenvalue weighted by Gasteiger charge is 2.23. The third-order valence-electron chi connectivity index (χ3n) is 4.76. The van der Waals surface area contributed by atoms with Gasteiger partial charge in [0.25, 0.3) is 0 Å². The van der Waals surface area contributed by atoms with Crippen LogP contribution < -0.4 is 0 Å². The van der Waals surface area contributed by atoms with Gasteiger partial charge in [0, 0.05) is 36.2 Å². The monoisotopic (exact) mass is 306 g/mol. The van der Waals surface area contributed by atoms with Gasteiger partial charge in [-0.3, -0.25) is 4.90 Å². The average molecular weight is 306 g/mol. The molecule has 3 heteroatoms. The van der Waals surface area contributed by atoms with E-state index in [4.69, 9.17) is 4.74 Å². The van der Waals surface area contributed by atoms with Crippen LogP contribution in [0.1, 0.15) is 17.2 Å². The summed E-state index contributed by atoms with van der Waals surface area (Å²) in [5.41, 5.74) is 4.00. The molecule has 2 heterocycles. The maximum absolute atomic E-state index is 5.54. The van der Waals surface area contributed by atoms with E-state index in [9.17, 15) is 0 Å². The van der Waals surface area contributed by atoms with Crippen molar-refractivity contribution in [3.63, 3.8) is 0 Å². The summed E-state index contributed by atoms with van der Waals surface area (Å²) in [4.78, 5) is 5.96. The van der Waals surface area contributed by atoms with Crippen molar-refractivity contribution < 1.29 is 4.74 Å². The molecule has 0 spiro atoms. The van der Waals surface area contributed by atoms with E-state index in [-0.39, 0.29) is 0 Å². The summed E-state index contributed by atoms with van der Waals surface area (Å²) in [5, 5.41) is 1.33. The van der Waals surface area contributed by atoms with E-state index in [0.29, 0.717) is 6.04 Å². The Labute approximate surface area is 136 Å². The lowest BCUT2D eigenvalue weighted by atomic mass is 9.96. The first-order valence-corrected chi connectivity index (χ1v) is 8.33. The molecule has 0 bridgehead atoms. The van der Waals surface area contributed by atoms with Crippen LogP contribution in [0.15, 0.2) is 60.8 Å². The molecule has 0 amide bonds. The maximum atomic E-state index is 5.54. The van der Waals surface area contributed by atoms with Crippen molar-refractivity contribution in [2.24, 2.45) is 0 Å². The van der Waals surface area contributed by atoms with Gasteiger partial charge >= 0.3 is 0 Å². The fraction of sp³-hybridized carbons (Fsp3) is 0.300. The molecule has 1 aliphatic rings. The van der Waals surface area contributed by atoms with E-state index in [2.05, 4.69) is 70.7 Å². The molecule has 118 valence electrons. The molecule has 1 N–H and O–H groups in total. The molecule has 1 aromatic heterocycles. The fourth-order valence-corrected chi connectivity index (χ4v) is 3.53. The summed E-state index contributed by atoms with van der Waals surface area (Å²) in [6, 6.07) is 19.8. The number of rotatable bonds is 4. The van der Waals surface area contributed by atoms with Gasteiger partial charge in [0.05, 0.1) is 13.2 Å². The largest absolute Gasteiger partial charge is 0.379 e. The summed E-state index contributed by atoms with van der Waals surface area (Å²) in [5.74, 6) is 0. The van der Waals surface area contributed by atoms with E-state index < -0.39 is 0 Å². The summed E-state index contributed by atoms with van der Waals surface area (Å²) >= 11 is 0. The normalized spacial score (nSPS) is 17.4.